The van der Waals surface area contributed by atoms with Crippen LogP contribution in [0.2, 0.25) is 0 Å². The summed E-state index contributed by atoms with van der Waals surface area (Å²) in [6, 6.07) is 0. The molecule has 0 saturated heterocycles. The molecule has 1 fully saturated rings. The van der Waals surface area contributed by atoms with Gasteiger partial charge in [-0.3, -0.25) is 4.79 Å². The molecule has 1 N–H and O–H groups in total. The van der Waals surface area contributed by atoms with Crippen LogP contribution in [0, 0.1) is 5.92 Å². The molecule has 2 nitrogen and oxygen atoms in total. The number of allylic oxidation sites excluding steroid dienone is 1. The number of ketones is 1. The summed E-state index contributed by atoms with van der Waals surface area (Å²) < 4.78 is 0. The summed E-state index contributed by atoms with van der Waals surface area (Å²) in [7, 11) is 0. The second-order valence-electron chi connectivity index (χ2n) is 4.00. The molecule has 3 heteroatoms. The molecule has 0 heterocycles. The van der Waals surface area contributed by atoms with E-state index in [2.05, 4.69) is 6.58 Å². The smallest absolute Gasteiger partial charge is 0.156 e. The predicted molar refractivity (Wildman–Crippen MR) is 52.8 cm³/mol. The zero-order chi connectivity index (χ0) is 10.2. The molecule has 0 unspecified atom stereocenters. The fourth-order valence-corrected chi connectivity index (χ4v) is 1.72. The second kappa shape index (κ2) is 3.43. The first kappa shape index (κ1) is 10.7. The number of alkyl halides is 1. The van der Waals surface area contributed by atoms with E-state index in [4.69, 9.17) is 11.6 Å². The molecule has 1 rings (SSSR count). The van der Waals surface area contributed by atoms with Crippen molar-refractivity contribution < 1.29 is 9.90 Å². The lowest BCUT2D eigenvalue weighted by molar-refractivity contribution is -0.127. The third-order valence-electron chi connectivity index (χ3n) is 2.81. The van der Waals surface area contributed by atoms with Crippen LogP contribution in [0.5, 0.6) is 0 Å². The van der Waals surface area contributed by atoms with E-state index < -0.39 is 11.0 Å². The highest BCUT2D eigenvalue weighted by Gasteiger charge is 2.44. The minimum Gasteiger partial charge on any atom is -0.391 e. The number of hydrogen-bond donors (Lipinski definition) is 1. The molecule has 0 bridgehead atoms. The highest BCUT2D eigenvalue weighted by Crippen LogP contribution is 2.36. The first-order valence-corrected chi connectivity index (χ1v) is 4.79. The number of rotatable bonds is 1. The Morgan fingerprint density at radius 3 is 2.69 bits per heavy atom. The van der Waals surface area contributed by atoms with Crippen LogP contribution in [-0.4, -0.2) is 21.9 Å². The number of halogens is 1. The zero-order valence-corrected chi connectivity index (χ0v) is 8.77. The van der Waals surface area contributed by atoms with Gasteiger partial charge in [0, 0.05) is 6.42 Å². The molecule has 0 aliphatic heterocycles. The van der Waals surface area contributed by atoms with Crippen molar-refractivity contribution in [3.05, 3.63) is 12.2 Å². The number of carbonyl (C=O) groups excluding carboxylic acids is 1. The van der Waals surface area contributed by atoms with Crippen molar-refractivity contribution in [1.82, 2.24) is 0 Å². The van der Waals surface area contributed by atoms with Crippen molar-refractivity contribution in [2.45, 2.75) is 37.7 Å². The molecule has 0 radical (unpaired) electrons. The lowest BCUT2D eigenvalue weighted by atomic mass is 9.77. The van der Waals surface area contributed by atoms with Gasteiger partial charge >= 0.3 is 0 Å². The molecule has 1 aliphatic rings. The first-order valence-electron chi connectivity index (χ1n) is 4.41. The van der Waals surface area contributed by atoms with Crippen LogP contribution in [-0.2, 0) is 4.79 Å². The maximum absolute atomic E-state index is 11.5. The van der Waals surface area contributed by atoms with Crippen molar-refractivity contribution in [3.8, 4) is 0 Å². The summed E-state index contributed by atoms with van der Waals surface area (Å²) in [5.74, 6) is 0.00948. The minimum absolute atomic E-state index is 0.0825. The minimum atomic E-state index is -1.09. The molecule has 13 heavy (non-hydrogen) atoms. The first-order chi connectivity index (χ1) is 5.85. The van der Waals surface area contributed by atoms with Gasteiger partial charge in [-0.15, -0.1) is 11.6 Å². The van der Waals surface area contributed by atoms with Crippen molar-refractivity contribution in [3.63, 3.8) is 0 Å². The summed E-state index contributed by atoms with van der Waals surface area (Å²) in [5.41, 5.74) is 0.944. The van der Waals surface area contributed by atoms with Crippen LogP contribution >= 0.6 is 11.6 Å². The van der Waals surface area contributed by atoms with Crippen LogP contribution < -0.4 is 0 Å². The third-order valence-corrected chi connectivity index (χ3v) is 3.27. The van der Waals surface area contributed by atoms with E-state index in [0.717, 1.165) is 5.57 Å². The quantitative estimate of drug-likeness (QED) is 0.521. The molecular weight excluding hydrogens is 188 g/mol. The largest absolute Gasteiger partial charge is 0.391 e. The molecule has 1 aliphatic carbocycles. The fourth-order valence-electron chi connectivity index (χ4n) is 1.56. The van der Waals surface area contributed by atoms with Crippen molar-refractivity contribution in [2.75, 3.05) is 0 Å². The van der Waals surface area contributed by atoms with Crippen LogP contribution in [0.3, 0.4) is 0 Å². The summed E-state index contributed by atoms with van der Waals surface area (Å²) in [5, 5.41) is 9.63. The second-order valence-corrected chi connectivity index (χ2v) is 4.78. The van der Waals surface area contributed by atoms with E-state index in [1.54, 1.807) is 6.92 Å². The Balaban J connectivity index is 2.79. The number of aliphatic hydroxyl groups is 1. The van der Waals surface area contributed by atoms with Crippen molar-refractivity contribution >= 4 is 17.4 Å². The SMILES string of the molecule is C=C(C)[C@@H]1CC(=O)[C@](C)(Cl)[C@@H](O)C1. The monoisotopic (exact) mass is 202 g/mol. The Morgan fingerprint density at radius 2 is 2.31 bits per heavy atom. The highest BCUT2D eigenvalue weighted by atomic mass is 35.5. The topological polar surface area (TPSA) is 37.3 Å². The fraction of sp³-hybridized carbons (Fsp3) is 0.700. The molecular formula is C10H15ClO2. The van der Waals surface area contributed by atoms with E-state index in [9.17, 15) is 9.90 Å². The molecule has 3 atom stereocenters. The summed E-state index contributed by atoms with van der Waals surface area (Å²) >= 11 is 5.91. The number of carbonyl (C=O) groups is 1. The Hall–Kier alpha value is -0.340. The molecule has 0 aromatic carbocycles. The summed E-state index contributed by atoms with van der Waals surface area (Å²) in [6.45, 7) is 7.25. The number of aliphatic hydroxyl groups excluding tert-OH is 1. The maximum Gasteiger partial charge on any atom is 0.156 e. The van der Waals surface area contributed by atoms with E-state index in [-0.39, 0.29) is 11.7 Å². The van der Waals surface area contributed by atoms with Gasteiger partial charge in [-0.2, -0.15) is 0 Å². The predicted octanol–water partition coefficient (Wildman–Crippen LogP) is 1.90. The highest BCUT2D eigenvalue weighted by molar-refractivity contribution is 6.35. The van der Waals surface area contributed by atoms with E-state index >= 15 is 0 Å². The lowest BCUT2D eigenvalue weighted by Gasteiger charge is -2.35. The van der Waals surface area contributed by atoms with Gasteiger partial charge in [0.1, 0.15) is 4.87 Å². The molecule has 0 spiro atoms. The summed E-state index contributed by atoms with van der Waals surface area (Å²) in [4.78, 5) is 10.4. The Kier molecular flexibility index (Phi) is 2.83. The van der Waals surface area contributed by atoms with Crippen LogP contribution in [0.25, 0.3) is 0 Å². The molecule has 0 aromatic heterocycles. The average Bonchev–Trinajstić information content (AvgIpc) is 2.00. The van der Waals surface area contributed by atoms with Gasteiger partial charge in [-0.05, 0) is 26.2 Å². The van der Waals surface area contributed by atoms with Crippen molar-refractivity contribution in [1.29, 1.82) is 0 Å². The Morgan fingerprint density at radius 1 is 1.77 bits per heavy atom. The standard InChI is InChI=1S/C10H15ClO2/c1-6(2)7-4-8(12)10(3,11)9(13)5-7/h7-8,12H,1,4-5H2,2-3H3/t7-,8-,10+/m0/s1. The number of Topliss-reactive ketones (excluding diaryl/α,β-unsaturated/α-hetero) is 1. The van der Waals surface area contributed by atoms with Gasteiger partial charge in [0.05, 0.1) is 6.10 Å². The van der Waals surface area contributed by atoms with E-state index in [1.165, 1.54) is 0 Å². The van der Waals surface area contributed by atoms with E-state index in [0.29, 0.717) is 12.8 Å². The Bertz CT molecular complexity index is 245. The zero-order valence-electron chi connectivity index (χ0n) is 8.01. The van der Waals surface area contributed by atoms with Gasteiger partial charge in [-0.25, -0.2) is 0 Å². The number of hydrogen-bond acceptors (Lipinski definition) is 2. The lowest BCUT2D eigenvalue weighted by Crippen LogP contribution is -2.47. The average molecular weight is 203 g/mol. The van der Waals surface area contributed by atoms with Crippen LogP contribution in [0.15, 0.2) is 12.2 Å². The third kappa shape index (κ3) is 1.94. The summed E-state index contributed by atoms with van der Waals surface area (Å²) in [6.07, 6.45) is 0.199. The van der Waals surface area contributed by atoms with Crippen molar-refractivity contribution in [2.24, 2.45) is 5.92 Å². The molecule has 0 aromatic rings. The van der Waals surface area contributed by atoms with Gasteiger partial charge in [0.15, 0.2) is 5.78 Å². The van der Waals surface area contributed by atoms with E-state index in [1.807, 2.05) is 6.92 Å². The Labute approximate surface area is 83.6 Å². The van der Waals surface area contributed by atoms with Gasteiger partial charge in [-0.1, -0.05) is 12.2 Å². The van der Waals surface area contributed by atoms with Gasteiger partial charge in [0.2, 0.25) is 0 Å². The van der Waals surface area contributed by atoms with Crippen LogP contribution in [0.1, 0.15) is 26.7 Å². The maximum atomic E-state index is 11.5. The van der Waals surface area contributed by atoms with Gasteiger partial charge in [0.25, 0.3) is 0 Å². The molecule has 0 amide bonds. The van der Waals surface area contributed by atoms with Crippen LogP contribution in [0.4, 0.5) is 0 Å². The molecule has 1 saturated carbocycles. The normalized spacial score (nSPS) is 40.5. The molecule has 74 valence electrons. The van der Waals surface area contributed by atoms with Gasteiger partial charge < -0.3 is 5.11 Å².